The summed E-state index contributed by atoms with van der Waals surface area (Å²) in [6.07, 6.45) is 9.74. The maximum Gasteiger partial charge on any atom is 0.220 e. The molecule has 1 saturated carbocycles. The lowest BCUT2D eigenvalue weighted by Crippen LogP contribution is -2.54. The average molecular weight is 357 g/mol. The van der Waals surface area contributed by atoms with Gasteiger partial charge in [-0.1, -0.05) is 0 Å². The Morgan fingerprint density at radius 3 is 2.88 bits per heavy atom. The summed E-state index contributed by atoms with van der Waals surface area (Å²) >= 11 is 0. The van der Waals surface area contributed by atoms with Crippen LogP contribution in [0.5, 0.6) is 0 Å². The number of nitrogens with zero attached hydrogens (tertiary/aromatic N) is 4. The van der Waals surface area contributed by atoms with E-state index in [4.69, 9.17) is 21.2 Å². The Hall–Kier alpha value is -2.03. The number of nitrogens with two attached hydrogens (primary N) is 2. The lowest BCUT2D eigenvalue weighted by Gasteiger charge is -2.33. The van der Waals surface area contributed by atoms with Gasteiger partial charge in [-0.15, -0.1) is 0 Å². The van der Waals surface area contributed by atoms with Crippen LogP contribution in [0.4, 0.5) is 5.95 Å². The standard InChI is InChI=1S/C18H27N7O/c19-17-21-12-14(16(23-17)11-13-1-2-13)15-3-5-22-18(20,24-15)4-6-25-7-9-26-10-8-25/h3,5,12-13,22H,1-2,4,6-11,20H2,(H2,19,21,23). The summed E-state index contributed by atoms with van der Waals surface area (Å²) in [7, 11) is 0. The van der Waals surface area contributed by atoms with E-state index in [9.17, 15) is 0 Å². The lowest BCUT2D eigenvalue weighted by molar-refractivity contribution is 0.0340. The first kappa shape index (κ1) is 17.4. The average Bonchev–Trinajstić information content (AvgIpc) is 3.45. The second-order valence-electron chi connectivity index (χ2n) is 7.34. The Morgan fingerprint density at radius 2 is 2.12 bits per heavy atom. The first-order valence-electron chi connectivity index (χ1n) is 9.36. The Balaban J connectivity index is 1.51. The van der Waals surface area contributed by atoms with Crippen molar-refractivity contribution in [2.75, 3.05) is 38.6 Å². The predicted molar refractivity (Wildman–Crippen MR) is 100 cm³/mol. The molecule has 1 unspecified atom stereocenters. The van der Waals surface area contributed by atoms with Gasteiger partial charge < -0.3 is 15.8 Å². The van der Waals surface area contributed by atoms with Gasteiger partial charge in [0.2, 0.25) is 5.95 Å². The minimum Gasteiger partial charge on any atom is -0.379 e. The van der Waals surface area contributed by atoms with Gasteiger partial charge in [-0.2, -0.15) is 0 Å². The third kappa shape index (κ3) is 4.20. The maximum absolute atomic E-state index is 6.52. The highest BCUT2D eigenvalue weighted by Crippen LogP contribution is 2.33. The summed E-state index contributed by atoms with van der Waals surface area (Å²) < 4.78 is 5.40. The molecule has 8 nitrogen and oxygen atoms in total. The first-order chi connectivity index (χ1) is 12.6. The van der Waals surface area contributed by atoms with E-state index < -0.39 is 5.79 Å². The molecule has 3 heterocycles. The van der Waals surface area contributed by atoms with Crippen molar-refractivity contribution in [3.8, 4) is 0 Å². The van der Waals surface area contributed by atoms with Crippen molar-refractivity contribution in [1.82, 2.24) is 20.2 Å². The van der Waals surface area contributed by atoms with Gasteiger partial charge in [0, 0.05) is 44.0 Å². The molecule has 1 aromatic heterocycles. The summed E-state index contributed by atoms with van der Waals surface area (Å²) in [4.78, 5) is 15.8. The van der Waals surface area contributed by atoms with Gasteiger partial charge in [-0.05, 0) is 31.3 Å². The molecule has 1 saturated heterocycles. The van der Waals surface area contributed by atoms with Gasteiger partial charge in [0.05, 0.1) is 24.6 Å². The van der Waals surface area contributed by atoms with Crippen LogP contribution in [-0.2, 0) is 11.2 Å². The molecule has 0 bridgehead atoms. The monoisotopic (exact) mass is 357 g/mol. The van der Waals surface area contributed by atoms with Crippen molar-refractivity contribution in [1.29, 1.82) is 0 Å². The third-order valence-corrected chi connectivity index (χ3v) is 5.15. The Morgan fingerprint density at radius 1 is 1.31 bits per heavy atom. The van der Waals surface area contributed by atoms with Gasteiger partial charge >= 0.3 is 0 Å². The zero-order valence-corrected chi connectivity index (χ0v) is 15.0. The number of morpholine rings is 1. The summed E-state index contributed by atoms with van der Waals surface area (Å²) in [5.41, 5.74) is 15.1. The molecule has 1 aliphatic carbocycles. The molecule has 2 fully saturated rings. The van der Waals surface area contributed by atoms with Crippen LogP contribution in [0.25, 0.3) is 0 Å². The topological polar surface area (TPSA) is 115 Å². The molecule has 140 valence electrons. The number of aromatic nitrogens is 2. The van der Waals surface area contributed by atoms with E-state index >= 15 is 0 Å². The number of nitrogens with one attached hydrogen (secondary N) is 1. The molecule has 0 amide bonds. The number of rotatable bonds is 6. The largest absolute Gasteiger partial charge is 0.379 e. The fraction of sp³-hybridized carbons (Fsp3) is 0.611. The van der Waals surface area contributed by atoms with E-state index in [0.717, 1.165) is 56.2 Å². The fourth-order valence-electron chi connectivity index (χ4n) is 3.38. The number of aliphatic imine (C=N–C) groups is 1. The number of nitrogen functional groups attached to an aromatic ring is 1. The van der Waals surface area contributed by atoms with Crippen molar-refractivity contribution in [3.05, 3.63) is 29.7 Å². The van der Waals surface area contributed by atoms with E-state index in [-0.39, 0.29) is 0 Å². The highest BCUT2D eigenvalue weighted by Gasteiger charge is 2.29. The van der Waals surface area contributed by atoms with E-state index in [1.807, 2.05) is 12.3 Å². The Bertz CT molecular complexity index is 709. The molecule has 0 radical (unpaired) electrons. The quantitative estimate of drug-likeness (QED) is 0.668. The van der Waals surface area contributed by atoms with Crippen LogP contribution in [-0.4, -0.2) is 59.2 Å². The van der Waals surface area contributed by atoms with E-state index in [2.05, 4.69) is 20.2 Å². The molecular weight excluding hydrogens is 330 g/mol. The highest BCUT2D eigenvalue weighted by atomic mass is 16.5. The Labute approximate surface area is 153 Å². The molecule has 1 aromatic rings. The van der Waals surface area contributed by atoms with Crippen molar-refractivity contribution in [2.24, 2.45) is 16.6 Å². The molecule has 8 heteroatoms. The Kier molecular flexibility index (Phi) is 4.88. The molecule has 4 rings (SSSR count). The van der Waals surface area contributed by atoms with Crippen LogP contribution in [0, 0.1) is 5.92 Å². The molecule has 3 aliphatic rings. The van der Waals surface area contributed by atoms with Crippen LogP contribution < -0.4 is 16.8 Å². The minimum atomic E-state index is -0.819. The normalized spacial score (nSPS) is 26.4. The van der Waals surface area contributed by atoms with Gasteiger partial charge in [0.1, 0.15) is 0 Å². The third-order valence-electron chi connectivity index (χ3n) is 5.15. The van der Waals surface area contributed by atoms with Crippen LogP contribution >= 0.6 is 0 Å². The molecule has 26 heavy (non-hydrogen) atoms. The second-order valence-corrected chi connectivity index (χ2v) is 7.34. The fourth-order valence-corrected chi connectivity index (χ4v) is 3.38. The van der Waals surface area contributed by atoms with E-state index in [0.29, 0.717) is 18.3 Å². The minimum absolute atomic E-state index is 0.314. The number of allylic oxidation sites excluding steroid dienone is 1. The zero-order valence-electron chi connectivity index (χ0n) is 15.0. The number of hydrogen-bond donors (Lipinski definition) is 3. The van der Waals surface area contributed by atoms with Gasteiger partial charge in [0.25, 0.3) is 0 Å². The SMILES string of the molecule is Nc1ncc(C2=NC(N)(CCN3CCOCC3)NC=C2)c(CC2CC2)n1. The van der Waals surface area contributed by atoms with E-state index in [1.54, 1.807) is 6.20 Å². The molecule has 0 aromatic carbocycles. The summed E-state index contributed by atoms with van der Waals surface area (Å²) in [5, 5.41) is 3.21. The van der Waals surface area contributed by atoms with Crippen molar-refractivity contribution < 1.29 is 4.74 Å². The van der Waals surface area contributed by atoms with Crippen LogP contribution in [0.15, 0.2) is 23.5 Å². The van der Waals surface area contributed by atoms with Gasteiger partial charge in [-0.3, -0.25) is 10.6 Å². The molecule has 5 N–H and O–H groups in total. The van der Waals surface area contributed by atoms with Crippen LogP contribution in [0.2, 0.25) is 0 Å². The molecule has 0 spiro atoms. The first-order valence-corrected chi connectivity index (χ1v) is 9.36. The molecule has 2 aliphatic heterocycles. The number of anilines is 1. The van der Waals surface area contributed by atoms with Gasteiger partial charge in [0.15, 0.2) is 5.79 Å². The van der Waals surface area contributed by atoms with Crippen LogP contribution in [0.3, 0.4) is 0 Å². The number of ether oxygens (including phenoxy) is 1. The summed E-state index contributed by atoms with van der Waals surface area (Å²) in [6, 6.07) is 0. The highest BCUT2D eigenvalue weighted by molar-refractivity contribution is 6.09. The van der Waals surface area contributed by atoms with E-state index in [1.165, 1.54) is 12.8 Å². The van der Waals surface area contributed by atoms with Crippen molar-refractivity contribution in [2.45, 2.75) is 31.5 Å². The smallest absolute Gasteiger partial charge is 0.220 e. The lowest BCUT2D eigenvalue weighted by atomic mass is 10.0. The summed E-state index contributed by atoms with van der Waals surface area (Å²) in [5.74, 6) is 0.202. The summed E-state index contributed by atoms with van der Waals surface area (Å²) in [6.45, 7) is 4.34. The molecular formula is C18H27N7O. The van der Waals surface area contributed by atoms with Crippen LogP contribution in [0.1, 0.15) is 30.5 Å². The number of hydrogen-bond acceptors (Lipinski definition) is 8. The maximum atomic E-state index is 6.52. The predicted octanol–water partition coefficient (Wildman–Crippen LogP) is 0.252. The molecule has 1 atom stereocenters. The van der Waals surface area contributed by atoms with Crippen molar-refractivity contribution >= 4 is 11.7 Å². The van der Waals surface area contributed by atoms with Gasteiger partial charge in [-0.25, -0.2) is 15.0 Å². The second kappa shape index (κ2) is 7.30. The van der Waals surface area contributed by atoms with Crippen molar-refractivity contribution in [3.63, 3.8) is 0 Å². The zero-order chi connectivity index (χ0) is 18.0.